The van der Waals surface area contributed by atoms with E-state index >= 15 is 0 Å². The van der Waals surface area contributed by atoms with Crippen LogP contribution in [0, 0.1) is 5.92 Å². The highest BCUT2D eigenvalue weighted by Crippen LogP contribution is 2.03. The van der Waals surface area contributed by atoms with Crippen molar-refractivity contribution in [3.63, 3.8) is 0 Å². The molecule has 0 fully saturated rings. The van der Waals surface area contributed by atoms with E-state index in [4.69, 9.17) is 5.73 Å². The SMILES string of the molecule is CNCC(=O)N(C)CCC(N)C(C)C. The topological polar surface area (TPSA) is 58.4 Å². The summed E-state index contributed by atoms with van der Waals surface area (Å²) in [4.78, 5) is 13.1. The van der Waals surface area contributed by atoms with Gasteiger partial charge in [-0.15, -0.1) is 0 Å². The second kappa shape index (κ2) is 6.79. The van der Waals surface area contributed by atoms with Crippen molar-refractivity contribution in [1.82, 2.24) is 10.2 Å². The fraction of sp³-hybridized carbons (Fsp3) is 0.900. The van der Waals surface area contributed by atoms with Crippen LogP contribution >= 0.6 is 0 Å². The van der Waals surface area contributed by atoms with Crippen LogP contribution < -0.4 is 11.1 Å². The van der Waals surface area contributed by atoms with Gasteiger partial charge in [0.25, 0.3) is 0 Å². The summed E-state index contributed by atoms with van der Waals surface area (Å²) in [6.07, 6.45) is 0.865. The fourth-order valence-corrected chi connectivity index (χ4v) is 1.09. The summed E-state index contributed by atoms with van der Waals surface area (Å²) in [5.74, 6) is 0.589. The van der Waals surface area contributed by atoms with E-state index in [1.165, 1.54) is 0 Å². The van der Waals surface area contributed by atoms with Crippen LogP contribution in [0.15, 0.2) is 0 Å². The van der Waals surface area contributed by atoms with Crippen molar-refractivity contribution in [2.24, 2.45) is 11.7 Å². The Hall–Kier alpha value is -0.610. The molecule has 1 amide bonds. The summed E-state index contributed by atoms with van der Waals surface area (Å²) < 4.78 is 0. The van der Waals surface area contributed by atoms with Crippen molar-refractivity contribution in [2.45, 2.75) is 26.3 Å². The monoisotopic (exact) mass is 201 g/mol. The zero-order valence-electron chi connectivity index (χ0n) is 9.71. The molecule has 0 aromatic rings. The van der Waals surface area contributed by atoms with Gasteiger partial charge in [-0.05, 0) is 19.4 Å². The molecule has 0 aliphatic carbocycles. The summed E-state index contributed by atoms with van der Waals surface area (Å²) in [6, 6.07) is 0.180. The van der Waals surface area contributed by atoms with Gasteiger partial charge in [0.05, 0.1) is 6.54 Å². The highest BCUT2D eigenvalue weighted by molar-refractivity contribution is 5.77. The van der Waals surface area contributed by atoms with Crippen molar-refractivity contribution in [3.05, 3.63) is 0 Å². The number of nitrogens with one attached hydrogen (secondary N) is 1. The fourth-order valence-electron chi connectivity index (χ4n) is 1.09. The van der Waals surface area contributed by atoms with Gasteiger partial charge < -0.3 is 16.0 Å². The molecule has 0 aliphatic heterocycles. The van der Waals surface area contributed by atoms with Gasteiger partial charge in [-0.2, -0.15) is 0 Å². The number of hydrogen-bond acceptors (Lipinski definition) is 3. The molecular weight excluding hydrogens is 178 g/mol. The highest BCUT2D eigenvalue weighted by Gasteiger charge is 2.11. The van der Waals surface area contributed by atoms with Crippen LogP contribution in [0.4, 0.5) is 0 Å². The number of nitrogens with two attached hydrogens (primary N) is 1. The van der Waals surface area contributed by atoms with Gasteiger partial charge in [0.1, 0.15) is 0 Å². The minimum atomic E-state index is 0.114. The molecule has 0 heterocycles. The van der Waals surface area contributed by atoms with Crippen LogP contribution in [0.25, 0.3) is 0 Å². The lowest BCUT2D eigenvalue weighted by atomic mass is 10.0. The molecule has 14 heavy (non-hydrogen) atoms. The predicted molar refractivity (Wildman–Crippen MR) is 59.0 cm³/mol. The van der Waals surface area contributed by atoms with E-state index in [9.17, 15) is 4.79 Å². The average Bonchev–Trinajstić information content (AvgIpc) is 2.13. The molecule has 0 saturated carbocycles. The third-order valence-corrected chi connectivity index (χ3v) is 2.41. The maximum atomic E-state index is 11.3. The number of carbonyl (C=O) groups is 1. The Balaban J connectivity index is 3.72. The molecule has 1 unspecified atom stereocenters. The lowest BCUT2D eigenvalue weighted by molar-refractivity contribution is -0.128. The molecule has 0 aliphatic rings. The third kappa shape index (κ3) is 5.19. The molecule has 4 nitrogen and oxygen atoms in total. The summed E-state index contributed by atoms with van der Waals surface area (Å²) in [5, 5.41) is 2.84. The molecule has 4 heteroatoms. The van der Waals surface area contributed by atoms with Crippen LogP contribution in [0.3, 0.4) is 0 Å². The van der Waals surface area contributed by atoms with Gasteiger partial charge in [0, 0.05) is 19.6 Å². The zero-order chi connectivity index (χ0) is 11.1. The van der Waals surface area contributed by atoms with E-state index < -0.39 is 0 Å². The predicted octanol–water partition coefficient (Wildman–Crippen LogP) is 0.0376. The quantitative estimate of drug-likeness (QED) is 0.638. The molecule has 0 spiro atoms. The van der Waals surface area contributed by atoms with Gasteiger partial charge in [0.2, 0.25) is 5.91 Å². The molecule has 0 rings (SSSR count). The van der Waals surface area contributed by atoms with E-state index in [1.54, 1.807) is 11.9 Å². The van der Waals surface area contributed by atoms with Crippen molar-refractivity contribution < 1.29 is 4.79 Å². The van der Waals surface area contributed by atoms with Gasteiger partial charge in [-0.1, -0.05) is 13.8 Å². The first-order valence-electron chi connectivity index (χ1n) is 5.13. The third-order valence-electron chi connectivity index (χ3n) is 2.41. The maximum Gasteiger partial charge on any atom is 0.236 e. The zero-order valence-corrected chi connectivity index (χ0v) is 9.71. The van der Waals surface area contributed by atoms with E-state index in [2.05, 4.69) is 19.2 Å². The minimum Gasteiger partial charge on any atom is -0.345 e. The Morgan fingerprint density at radius 2 is 2.07 bits per heavy atom. The van der Waals surface area contributed by atoms with Gasteiger partial charge in [0.15, 0.2) is 0 Å². The Labute approximate surface area is 86.8 Å². The second-order valence-electron chi connectivity index (χ2n) is 4.04. The Morgan fingerprint density at radius 1 is 1.50 bits per heavy atom. The van der Waals surface area contributed by atoms with Crippen molar-refractivity contribution in [1.29, 1.82) is 0 Å². The van der Waals surface area contributed by atoms with E-state index in [-0.39, 0.29) is 11.9 Å². The molecule has 0 bridgehead atoms. The summed E-state index contributed by atoms with van der Waals surface area (Å²) >= 11 is 0. The van der Waals surface area contributed by atoms with Crippen LogP contribution in [0.1, 0.15) is 20.3 Å². The van der Waals surface area contributed by atoms with Crippen molar-refractivity contribution in [2.75, 3.05) is 27.2 Å². The van der Waals surface area contributed by atoms with E-state index in [0.29, 0.717) is 12.5 Å². The summed E-state index contributed by atoms with van der Waals surface area (Å²) in [7, 11) is 3.58. The molecule has 0 saturated heterocycles. The number of amides is 1. The van der Waals surface area contributed by atoms with E-state index in [1.807, 2.05) is 7.05 Å². The molecule has 0 aromatic carbocycles. The number of nitrogens with zero attached hydrogens (tertiary/aromatic N) is 1. The normalized spacial score (nSPS) is 13.0. The van der Waals surface area contributed by atoms with Crippen LogP contribution in [-0.4, -0.2) is 44.0 Å². The van der Waals surface area contributed by atoms with Crippen LogP contribution in [-0.2, 0) is 4.79 Å². The summed E-state index contributed by atoms with van der Waals surface area (Å²) in [6.45, 7) is 5.33. The number of likely N-dealkylation sites (N-methyl/N-ethyl adjacent to an activating group) is 2. The largest absolute Gasteiger partial charge is 0.345 e. The number of rotatable bonds is 6. The van der Waals surface area contributed by atoms with Gasteiger partial charge >= 0.3 is 0 Å². The van der Waals surface area contributed by atoms with Crippen molar-refractivity contribution >= 4 is 5.91 Å². The van der Waals surface area contributed by atoms with Gasteiger partial charge in [-0.3, -0.25) is 4.79 Å². The first-order valence-corrected chi connectivity index (χ1v) is 5.13. The molecule has 0 aromatic heterocycles. The minimum absolute atomic E-state index is 0.114. The Morgan fingerprint density at radius 3 is 2.50 bits per heavy atom. The lowest BCUT2D eigenvalue weighted by Crippen LogP contribution is -2.38. The van der Waals surface area contributed by atoms with Crippen molar-refractivity contribution in [3.8, 4) is 0 Å². The first-order chi connectivity index (χ1) is 6.49. The number of carbonyl (C=O) groups excluding carboxylic acids is 1. The average molecular weight is 201 g/mol. The second-order valence-corrected chi connectivity index (χ2v) is 4.04. The van der Waals surface area contributed by atoms with Crippen LogP contribution in [0.5, 0.6) is 0 Å². The molecular formula is C10H23N3O. The molecule has 0 radical (unpaired) electrons. The lowest BCUT2D eigenvalue weighted by Gasteiger charge is -2.21. The number of hydrogen-bond donors (Lipinski definition) is 2. The first kappa shape index (κ1) is 13.4. The Bertz CT molecular complexity index is 171. The Kier molecular flexibility index (Phi) is 6.49. The molecule has 3 N–H and O–H groups in total. The summed E-state index contributed by atoms with van der Waals surface area (Å²) in [5.41, 5.74) is 5.89. The standard InChI is InChI=1S/C10H23N3O/c1-8(2)9(11)5-6-13(4)10(14)7-12-3/h8-9,12H,5-7,11H2,1-4H3. The maximum absolute atomic E-state index is 11.3. The molecule has 84 valence electrons. The highest BCUT2D eigenvalue weighted by atomic mass is 16.2. The smallest absolute Gasteiger partial charge is 0.236 e. The van der Waals surface area contributed by atoms with E-state index in [0.717, 1.165) is 13.0 Å². The van der Waals surface area contributed by atoms with Gasteiger partial charge in [-0.25, -0.2) is 0 Å². The van der Waals surface area contributed by atoms with Crippen LogP contribution in [0.2, 0.25) is 0 Å². The molecule has 1 atom stereocenters.